The van der Waals surface area contributed by atoms with Crippen LogP contribution in [0.5, 0.6) is 0 Å². The Morgan fingerprint density at radius 2 is 1.81 bits per heavy atom. The number of halogens is 2. The Balaban J connectivity index is 2.17. The summed E-state index contributed by atoms with van der Waals surface area (Å²) in [6, 6.07) is 13.5. The average molecular weight is 307 g/mol. The lowest BCUT2D eigenvalue weighted by Gasteiger charge is -2.19. The standard InChI is InChI=1S/C17H20ClFN2/c1-20-17(11-12-4-9-16(19)15(18)10-12)13-5-7-14(8-6-13)21(2)3/h4-10,17,20H,11H2,1-3H3. The van der Waals surface area contributed by atoms with Gasteiger partial charge in [-0.05, 0) is 48.9 Å². The van der Waals surface area contributed by atoms with Crippen LogP contribution in [-0.4, -0.2) is 21.1 Å². The third-order valence-corrected chi connectivity index (χ3v) is 3.87. The van der Waals surface area contributed by atoms with E-state index in [1.807, 2.05) is 21.1 Å². The summed E-state index contributed by atoms with van der Waals surface area (Å²) in [5, 5.41) is 3.47. The van der Waals surface area contributed by atoms with Crippen LogP contribution in [0.15, 0.2) is 42.5 Å². The van der Waals surface area contributed by atoms with Gasteiger partial charge in [0.2, 0.25) is 0 Å². The van der Waals surface area contributed by atoms with Gasteiger partial charge in [-0.3, -0.25) is 0 Å². The van der Waals surface area contributed by atoms with Crippen LogP contribution in [-0.2, 0) is 6.42 Å². The molecule has 0 aliphatic carbocycles. The molecule has 2 nitrogen and oxygen atoms in total. The number of rotatable bonds is 5. The highest BCUT2D eigenvalue weighted by Crippen LogP contribution is 2.23. The summed E-state index contributed by atoms with van der Waals surface area (Å²) in [5.41, 5.74) is 3.37. The fourth-order valence-corrected chi connectivity index (χ4v) is 2.50. The molecule has 4 heteroatoms. The predicted octanol–water partition coefficient (Wildman–Crippen LogP) is 4.05. The summed E-state index contributed by atoms with van der Waals surface area (Å²) in [7, 11) is 5.96. The van der Waals surface area contributed by atoms with E-state index in [0.717, 1.165) is 12.0 Å². The second kappa shape index (κ2) is 6.92. The van der Waals surface area contributed by atoms with Gasteiger partial charge in [-0.1, -0.05) is 29.8 Å². The van der Waals surface area contributed by atoms with Crippen molar-refractivity contribution < 1.29 is 4.39 Å². The molecule has 0 saturated carbocycles. The summed E-state index contributed by atoms with van der Waals surface area (Å²) >= 11 is 5.84. The zero-order valence-electron chi connectivity index (χ0n) is 12.5. The van der Waals surface area contributed by atoms with Gasteiger partial charge < -0.3 is 10.2 Å². The molecule has 0 heterocycles. The Morgan fingerprint density at radius 3 is 2.33 bits per heavy atom. The van der Waals surface area contributed by atoms with Gasteiger partial charge in [0.15, 0.2) is 0 Å². The molecule has 1 N–H and O–H groups in total. The van der Waals surface area contributed by atoms with E-state index in [-0.39, 0.29) is 16.9 Å². The number of hydrogen-bond acceptors (Lipinski definition) is 2. The summed E-state index contributed by atoms with van der Waals surface area (Å²) < 4.78 is 13.2. The van der Waals surface area contributed by atoms with Crippen molar-refractivity contribution in [3.05, 3.63) is 64.4 Å². The lowest BCUT2D eigenvalue weighted by Crippen LogP contribution is -2.19. The molecular weight excluding hydrogens is 287 g/mol. The van der Waals surface area contributed by atoms with Gasteiger partial charge in [-0.2, -0.15) is 0 Å². The van der Waals surface area contributed by atoms with Crippen molar-refractivity contribution in [2.45, 2.75) is 12.5 Å². The van der Waals surface area contributed by atoms with Crippen molar-refractivity contribution in [3.63, 3.8) is 0 Å². The largest absolute Gasteiger partial charge is 0.378 e. The van der Waals surface area contributed by atoms with Crippen LogP contribution >= 0.6 is 11.6 Å². The maximum absolute atomic E-state index is 13.2. The third-order valence-electron chi connectivity index (χ3n) is 3.58. The number of likely N-dealkylation sites (N-methyl/N-ethyl adjacent to an activating group) is 1. The maximum Gasteiger partial charge on any atom is 0.141 e. The Kier molecular flexibility index (Phi) is 5.21. The minimum atomic E-state index is -0.378. The highest BCUT2D eigenvalue weighted by atomic mass is 35.5. The Morgan fingerprint density at radius 1 is 1.14 bits per heavy atom. The Labute approximate surface area is 130 Å². The number of nitrogens with zero attached hydrogens (tertiary/aromatic N) is 1. The van der Waals surface area contributed by atoms with Crippen molar-refractivity contribution in [2.24, 2.45) is 0 Å². The van der Waals surface area contributed by atoms with Gasteiger partial charge in [0, 0.05) is 25.8 Å². The molecule has 0 radical (unpaired) electrons. The van der Waals surface area contributed by atoms with Gasteiger partial charge in [0.1, 0.15) is 5.82 Å². The fourth-order valence-electron chi connectivity index (χ4n) is 2.29. The van der Waals surface area contributed by atoms with Crippen LogP contribution in [0.4, 0.5) is 10.1 Å². The van der Waals surface area contributed by atoms with Crippen LogP contribution < -0.4 is 10.2 Å². The Hall–Kier alpha value is -1.58. The van der Waals surface area contributed by atoms with Gasteiger partial charge in [0.25, 0.3) is 0 Å². The molecule has 0 bridgehead atoms. The fraction of sp³-hybridized carbons (Fsp3) is 0.294. The SMILES string of the molecule is CNC(Cc1ccc(F)c(Cl)c1)c1ccc(N(C)C)cc1. The minimum Gasteiger partial charge on any atom is -0.378 e. The zero-order chi connectivity index (χ0) is 15.4. The molecule has 112 valence electrons. The quantitative estimate of drug-likeness (QED) is 0.896. The molecule has 0 fully saturated rings. The van der Waals surface area contributed by atoms with Crippen LogP contribution in [0.25, 0.3) is 0 Å². The van der Waals surface area contributed by atoms with Gasteiger partial charge in [0.05, 0.1) is 5.02 Å². The van der Waals surface area contributed by atoms with E-state index < -0.39 is 0 Å². The first-order chi connectivity index (χ1) is 10.0. The summed E-state index contributed by atoms with van der Waals surface area (Å²) in [6.07, 6.45) is 0.762. The van der Waals surface area contributed by atoms with E-state index in [9.17, 15) is 4.39 Å². The molecule has 2 rings (SSSR count). The van der Waals surface area contributed by atoms with Crippen molar-refractivity contribution >= 4 is 17.3 Å². The first-order valence-electron chi connectivity index (χ1n) is 6.89. The Bertz CT molecular complexity index is 596. The molecular formula is C17H20ClFN2. The summed E-state index contributed by atoms with van der Waals surface area (Å²) in [4.78, 5) is 2.07. The second-order valence-electron chi connectivity index (χ2n) is 5.28. The number of benzene rings is 2. The molecule has 0 saturated heterocycles. The highest BCUT2D eigenvalue weighted by molar-refractivity contribution is 6.30. The van der Waals surface area contributed by atoms with E-state index in [2.05, 4.69) is 34.5 Å². The van der Waals surface area contributed by atoms with Crippen LogP contribution in [0.2, 0.25) is 5.02 Å². The first-order valence-corrected chi connectivity index (χ1v) is 7.27. The smallest absolute Gasteiger partial charge is 0.141 e. The molecule has 0 aromatic heterocycles. The highest BCUT2D eigenvalue weighted by Gasteiger charge is 2.11. The molecule has 0 spiro atoms. The molecule has 2 aromatic carbocycles. The molecule has 0 aliphatic heterocycles. The minimum absolute atomic E-state index is 0.169. The summed E-state index contributed by atoms with van der Waals surface area (Å²) in [5.74, 6) is -0.378. The number of nitrogens with one attached hydrogen (secondary N) is 1. The van der Waals surface area contributed by atoms with E-state index >= 15 is 0 Å². The zero-order valence-corrected chi connectivity index (χ0v) is 13.3. The number of hydrogen-bond donors (Lipinski definition) is 1. The lowest BCUT2D eigenvalue weighted by atomic mass is 9.98. The predicted molar refractivity (Wildman–Crippen MR) is 87.7 cm³/mol. The molecule has 1 unspecified atom stereocenters. The number of anilines is 1. The van der Waals surface area contributed by atoms with Crippen LogP contribution in [0, 0.1) is 5.82 Å². The summed E-state index contributed by atoms with van der Waals surface area (Å²) in [6.45, 7) is 0. The van der Waals surface area contributed by atoms with Crippen molar-refractivity contribution in [1.29, 1.82) is 0 Å². The molecule has 0 amide bonds. The molecule has 2 aromatic rings. The third kappa shape index (κ3) is 3.96. The van der Waals surface area contributed by atoms with E-state index in [4.69, 9.17) is 11.6 Å². The van der Waals surface area contributed by atoms with Crippen LogP contribution in [0.3, 0.4) is 0 Å². The molecule has 21 heavy (non-hydrogen) atoms. The molecule has 0 aliphatic rings. The average Bonchev–Trinajstić information content (AvgIpc) is 2.48. The molecule has 1 atom stereocenters. The lowest BCUT2D eigenvalue weighted by molar-refractivity contribution is 0.589. The van der Waals surface area contributed by atoms with Gasteiger partial charge in [-0.15, -0.1) is 0 Å². The monoisotopic (exact) mass is 306 g/mol. The second-order valence-corrected chi connectivity index (χ2v) is 5.69. The topological polar surface area (TPSA) is 15.3 Å². The van der Waals surface area contributed by atoms with Crippen molar-refractivity contribution in [2.75, 3.05) is 26.0 Å². The van der Waals surface area contributed by atoms with Crippen molar-refractivity contribution in [3.8, 4) is 0 Å². The normalized spacial score (nSPS) is 12.2. The maximum atomic E-state index is 13.2. The van der Waals surface area contributed by atoms with E-state index in [1.165, 1.54) is 17.3 Å². The van der Waals surface area contributed by atoms with Gasteiger partial charge in [-0.25, -0.2) is 4.39 Å². The first kappa shape index (κ1) is 15.8. The van der Waals surface area contributed by atoms with E-state index in [0.29, 0.717) is 0 Å². The van der Waals surface area contributed by atoms with Crippen LogP contribution in [0.1, 0.15) is 17.2 Å². The van der Waals surface area contributed by atoms with Gasteiger partial charge >= 0.3 is 0 Å². The van der Waals surface area contributed by atoms with E-state index in [1.54, 1.807) is 12.1 Å². The van der Waals surface area contributed by atoms with Crippen molar-refractivity contribution in [1.82, 2.24) is 5.32 Å².